The van der Waals surface area contributed by atoms with Gasteiger partial charge in [0.1, 0.15) is 0 Å². The fourth-order valence-electron chi connectivity index (χ4n) is 3.36. The van der Waals surface area contributed by atoms with Crippen LogP contribution in [0.5, 0.6) is 0 Å². The number of hydrogen-bond donors (Lipinski definition) is 0. The molecular formula is C21H23F3N2O. The van der Waals surface area contributed by atoms with E-state index in [9.17, 15) is 18.0 Å². The molecule has 2 aromatic rings. The van der Waals surface area contributed by atoms with Gasteiger partial charge in [0.15, 0.2) is 0 Å². The molecular weight excluding hydrogens is 353 g/mol. The Balaban J connectivity index is 1.98. The average Bonchev–Trinajstić information content (AvgIpc) is 2.65. The quantitative estimate of drug-likeness (QED) is 0.713. The van der Waals surface area contributed by atoms with E-state index in [4.69, 9.17) is 0 Å². The number of aromatic nitrogens is 1. The molecule has 6 heteroatoms. The van der Waals surface area contributed by atoms with Gasteiger partial charge in [0.2, 0.25) is 0 Å². The Kier molecular flexibility index (Phi) is 5.27. The number of halogens is 3. The van der Waals surface area contributed by atoms with Crippen molar-refractivity contribution in [1.29, 1.82) is 0 Å². The molecule has 27 heavy (non-hydrogen) atoms. The van der Waals surface area contributed by atoms with Crippen LogP contribution in [0.25, 0.3) is 16.5 Å². The number of fused-ring (bicyclic) bond motifs is 1. The molecule has 0 saturated heterocycles. The Morgan fingerprint density at radius 3 is 2.63 bits per heavy atom. The highest BCUT2D eigenvalue weighted by Crippen LogP contribution is 2.40. The number of carbonyl (C=O) groups is 1. The smallest absolute Gasteiger partial charge is 0.339 e. The molecule has 1 amide bonds. The lowest BCUT2D eigenvalue weighted by molar-refractivity contribution is -0.175. The number of rotatable bonds is 3. The van der Waals surface area contributed by atoms with E-state index in [1.807, 2.05) is 32.0 Å². The fourth-order valence-corrected chi connectivity index (χ4v) is 3.36. The molecule has 0 N–H and O–H groups in total. The van der Waals surface area contributed by atoms with Crippen molar-refractivity contribution in [2.75, 3.05) is 7.05 Å². The fraction of sp³-hybridized carbons (Fsp3) is 0.429. The average molecular weight is 376 g/mol. The van der Waals surface area contributed by atoms with Crippen LogP contribution < -0.4 is 0 Å². The lowest BCUT2D eigenvalue weighted by Gasteiger charge is -2.25. The summed E-state index contributed by atoms with van der Waals surface area (Å²) in [4.78, 5) is 18.7. The van der Waals surface area contributed by atoms with E-state index in [2.05, 4.69) is 4.98 Å². The van der Waals surface area contributed by atoms with Gasteiger partial charge in [-0.15, -0.1) is 0 Å². The first-order valence-corrected chi connectivity index (χ1v) is 9.10. The summed E-state index contributed by atoms with van der Waals surface area (Å²) in [7, 11) is 1.74. The van der Waals surface area contributed by atoms with Crippen LogP contribution in [0, 0.1) is 5.92 Å². The molecule has 0 spiro atoms. The van der Waals surface area contributed by atoms with Gasteiger partial charge in [-0.05, 0) is 56.4 Å². The van der Waals surface area contributed by atoms with Crippen molar-refractivity contribution in [1.82, 2.24) is 9.88 Å². The van der Waals surface area contributed by atoms with Gasteiger partial charge in [-0.25, -0.2) is 0 Å². The number of benzene rings is 1. The third-order valence-corrected chi connectivity index (χ3v) is 5.29. The van der Waals surface area contributed by atoms with Crippen LogP contribution in [0.1, 0.15) is 49.0 Å². The first kappa shape index (κ1) is 19.4. The maximum atomic E-state index is 12.9. The van der Waals surface area contributed by atoms with Gasteiger partial charge in [0.05, 0.1) is 17.0 Å². The van der Waals surface area contributed by atoms with E-state index in [1.54, 1.807) is 30.3 Å². The van der Waals surface area contributed by atoms with Crippen molar-refractivity contribution in [3.63, 3.8) is 0 Å². The number of allylic oxidation sites excluding steroid dienone is 2. The number of carbonyl (C=O) groups excluding carboxylic acids is 1. The largest absolute Gasteiger partial charge is 0.392 e. The monoisotopic (exact) mass is 376 g/mol. The van der Waals surface area contributed by atoms with E-state index in [-0.39, 0.29) is 24.8 Å². The van der Waals surface area contributed by atoms with E-state index in [0.29, 0.717) is 12.0 Å². The molecule has 1 unspecified atom stereocenters. The molecule has 1 aromatic heterocycles. The zero-order chi connectivity index (χ0) is 19.8. The van der Waals surface area contributed by atoms with Crippen molar-refractivity contribution >= 4 is 22.4 Å². The highest BCUT2D eigenvalue weighted by Gasteiger charge is 2.39. The first-order valence-electron chi connectivity index (χ1n) is 9.10. The summed E-state index contributed by atoms with van der Waals surface area (Å²) in [6.45, 7) is 3.86. The number of hydrogen-bond acceptors (Lipinski definition) is 2. The number of nitrogens with zero attached hydrogens (tertiary/aromatic N) is 2. The lowest BCUT2D eigenvalue weighted by atomic mass is 9.85. The Morgan fingerprint density at radius 1 is 1.30 bits per heavy atom. The Labute approximate surface area is 156 Å². The normalized spacial score (nSPS) is 17.9. The molecule has 0 bridgehead atoms. The van der Waals surface area contributed by atoms with Gasteiger partial charge in [-0.1, -0.05) is 18.2 Å². The first-order chi connectivity index (χ1) is 12.7. The van der Waals surface area contributed by atoms with Crippen LogP contribution >= 0.6 is 0 Å². The molecule has 0 aliphatic heterocycles. The van der Waals surface area contributed by atoms with Gasteiger partial charge >= 0.3 is 6.18 Å². The van der Waals surface area contributed by atoms with E-state index in [1.165, 1.54) is 0 Å². The van der Waals surface area contributed by atoms with Crippen molar-refractivity contribution in [3.8, 4) is 0 Å². The topological polar surface area (TPSA) is 33.2 Å². The minimum Gasteiger partial charge on any atom is -0.339 e. The second-order valence-electron chi connectivity index (χ2n) is 7.35. The zero-order valence-corrected chi connectivity index (χ0v) is 15.7. The number of pyridine rings is 1. The second-order valence-corrected chi connectivity index (χ2v) is 7.35. The summed E-state index contributed by atoms with van der Waals surface area (Å²) >= 11 is 0. The summed E-state index contributed by atoms with van der Waals surface area (Å²) in [6, 6.07) is 7.45. The second kappa shape index (κ2) is 7.33. The van der Waals surface area contributed by atoms with E-state index in [0.717, 1.165) is 22.0 Å². The van der Waals surface area contributed by atoms with E-state index < -0.39 is 12.1 Å². The van der Waals surface area contributed by atoms with Gasteiger partial charge in [0, 0.05) is 24.7 Å². The van der Waals surface area contributed by atoms with Crippen LogP contribution in [-0.4, -0.2) is 35.1 Å². The molecule has 1 aliphatic carbocycles. The zero-order valence-electron chi connectivity index (χ0n) is 15.7. The van der Waals surface area contributed by atoms with Gasteiger partial charge < -0.3 is 4.90 Å². The van der Waals surface area contributed by atoms with Crippen LogP contribution in [0.3, 0.4) is 0 Å². The van der Waals surface area contributed by atoms with Crippen LogP contribution in [0.15, 0.2) is 36.5 Å². The highest BCUT2D eigenvalue weighted by atomic mass is 19.4. The highest BCUT2D eigenvalue weighted by molar-refractivity contribution is 6.00. The molecule has 3 rings (SSSR count). The molecule has 0 saturated carbocycles. The van der Waals surface area contributed by atoms with Crippen LogP contribution in [-0.2, 0) is 0 Å². The van der Waals surface area contributed by atoms with Gasteiger partial charge in [-0.3, -0.25) is 9.78 Å². The maximum Gasteiger partial charge on any atom is 0.392 e. The number of amides is 1. The van der Waals surface area contributed by atoms with E-state index >= 15 is 0 Å². The minimum atomic E-state index is -4.15. The molecule has 1 atom stereocenters. The van der Waals surface area contributed by atoms with Gasteiger partial charge in [0.25, 0.3) is 5.91 Å². The van der Waals surface area contributed by atoms with Crippen molar-refractivity contribution in [3.05, 3.63) is 47.7 Å². The Bertz CT molecular complexity index is 887. The molecule has 144 valence electrons. The number of alkyl halides is 3. The standard InChI is InChI=1S/C21H23F3N2O/c1-13(2)26(3)20(27)15-11-18-17(5-4-6-19(18)25-12-15)14-7-9-16(10-8-14)21(22,23)24/h4-7,11-13,16H,8-10H2,1-3H3. The summed E-state index contributed by atoms with van der Waals surface area (Å²) in [5.41, 5.74) is 2.97. The molecule has 0 fully saturated rings. The summed E-state index contributed by atoms with van der Waals surface area (Å²) in [5.74, 6) is -1.39. The summed E-state index contributed by atoms with van der Waals surface area (Å²) < 4.78 is 38.8. The molecule has 1 aromatic carbocycles. The third-order valence-electron chi connectivity index (χ3n) is 5.29. The summed E-state index contributed by atoms with van der Waals surface area (Å²) in [5, 5.41) is 0.803. The third kappa shape index (κ3) is 3.99. The molecule has 0 radical (unpaired) electrons. The SMILES string of the molecule is CC(C)N(C)C(=O)c1cnc2cccc(C3=CCC(C(F)(F)F)CC3)c2c1. The van der Waals surface area contributed by atoms with Gasteiger partial charge in [-0.2, -0.15) is 13.2 Å². The van der Waals surface area contributed by atoms with Crippen molar-refractivity contribution < 1.29 is 18.0 Å². The predicted molar refractivity (Wildman–Crippen MR) is 100 cm³/mol. The predicted octanol–water partition coefficient (Wildman–Crippen LogP) is 5.46. The molecule has 1 aliphatic rings. The van der Waals surface area contributed by atoms with Crippen molar-refractivity contribution in [2.24, 2.45) is 5.92 Å². The minimum absolute atomic E-state index is 0.00262. The Hall–Kier alpha value is -2.37. The molecule has 1 heterocycles. The van der Waals surface area contributed by atoms with Crippen molar-refractivity contribution in [2.45, 2.75) is 45.3 Å². The van der Waals surface area contributed by atoms with Crippen LogP contribution in [0.4, 0.5) is 13.2 Å². The summed E-state index contributed by atoms with van der Waals surface area (Å²) in [6.07, 6.45) is -0.449. The molecule has 3 nitrogen and oxygen atoms in total. The lowest BCUT2D eigenvalue weighted by Crippen LogP contribution is -2.33. The van der Waals surface area contributed by atoms with Crippen LogP contribution in [0.2, 0.25) is 0 Å². The maximum absolute atomic E-state index is 12.9. The Morgan fingerprint density at radius 2 is 2.04 bits per heavy atom.